The highest BCUT2D eigenvalue weighted by molar-refractivity contribution is 5.87. The lowest BCUT2D eigenvalue weighted by atomic mass is 10.3. The number of carbonyl (C=O) groups excluding carboxylic acids is 1. The smallest absolute Gasteiger partial charge is 0.412 e. The van der Waals surface area contributed by atoms with Gasteiger partial charge in [0.25, 0.3) is 5.69 Å². The molecule has 16 heavy (non-hydrogen) atoms. The Morgan fingerprint density at radius 3 is 2.88 bits per heavy atom. The topological polar surface area (TPSA) is 81.5 Å². The Morgan fingerprint density at radius 2 is 2.25 bits per heavy atom. The maximum atomic E-state index is 11.1. The molecule has 6 heteroatoms. The maximum absolute atomic E-state index is 11.1. The number of hydrogen-bond donors (Lipinski definition) is 1. The summed E-state index contributed by atoms with van der Waals surface area (Å²) >= 11 is 0. The van der Waals surface area contributed by atoms with Gasteiger partial charge in [0.2, 0.25) is 0 Å². The van der Waals surface area contributed by atoms with E-state index in [1.165, 1.54) is 24.3 Å². The highest BCUT2D eigenvalue weighted by atomic mass is 16.6. The predicted octanol–water partition coefficient (Wildman–Crippen LogP) is 2.33. The van der Waals surface area contributed by atoms with E-state index in [0.717, 1.165) is 0 Å². The number of anilines is 1. The molecule has 84 valence electrons. The van der Waals surface area contributed by atoms with Gasteiger partial charge < -0.3 is 4.74 Å². The van der Waals surface area contributed by atoms with Crippen molar-refractivity contribution in [2.24, 2.45) is 0 Å². The summed E-state index contributed by atoms with van der Waals surface area (Å²) in [6.07, 6.45) is 0.646. The second-order valence-electron chi connectivity index (χ2n) is 2.79. The van der Waals surface area contributed by atoms with Crippen LogP contribution in [0.4, 0.5) is 16.2 Å². The Hall–Kier alpha value is -2.37. The Bertz CT molecular complexity index is 417. The van der Waals surface area contributed by atoms with E-state index in [9.17, 15) is 14.9 Å². The van der Waals surface area contributed by atoms with Crippen molar-refractivity contribution < 1.29 is 14.5 Å². The number of ether oxygens (including phenoxy) is 1. The summed E-state index contributed by atoms with van der Waals surface area (Å²) in [5.74, 6) is 0. The summed E-state index contributed by atoms with van der Waals surface area (Å²) in [7, 11) is 0. The zero-order valence-corrected chi connectivity index (χ0v) is 8.38. The number of nitrogens with one attached hydrogen (secondary N) is 1. The van der Waals surface area contributed by atoms with Gasteiger partial charge in [-0.25, -0.2) is 4.79 Å². The molecule has 0 fully saturated rings. The van der Waals surface area contributed by atoms with E-state index in [0.29, 0.717) is 0 Å². The fourth-order valence-corrected chi connectivity index (χ4v) is 1.02. The normalized spacial score (nSPS) is 9.25. The number of rotatable bonds is 4. The highest BCUT2D eigenvalue weighted by Gasteiger charge is 2.14. The van der Waals surface area contributed by atoms with Gasteiger partial charge in [0, 0.05) is 6.07 Å². The third kappa shape index (κ3) is 3.09. The van der Waals surface area contributed by atoms with Gasteiger partial charge in [-0.1, -0.05) is 24.8 Å². The minimum atomic E-state index is -0.755. The summed E-state index contributed by atoms with van der Waals surface area (Å²) in [5, 5.41) is 12.9. The molecule has 0 aliphatic heterocycles. The number of carbonyl (C=O) groups is 1. The highest BCUT2D eigenvalue weighted by Crippen LogP contribution is 2.23. The van der Waals surface area contributed by atoms with Crippen molar-refractivity contribution in [3.05, 3.63) is 47.0 Å². The second kappa shape index (κ2) is 5.50. The summed E-state index contributed by atoms with van der Waals surface area (Å²) in [5.41, 5.74) is -0.0837. The van der Waals surface area contributed by atoms with Crippen LogP contribution in [0.15, 0.2) is 36.9 Å². The molecule has 1 rings (SSSR count). The number of nitrogens with zero attached hydrogens (tertiary/aromatic N) is 1. The lowest BCUT2D eigenvalue weighted by Gasteiger charge is -2.05. The Kier molecular flexibility index (Phi) is 4.02. The molecular weight excluding hydrogens is 212 g/mol. The van der Waals surface area contributed by atoms with Crippen molar-refractivity contribution in [3.8, 4) is 0 Å². The van der Waals surface area contributed by atoms with Crippen LogP contribution in [0.5, 0.6) is 0 Å². The summed E-state index contributed by atoms with van der Waals surface area (Å²) < 4.78 is 4.64. The monoisotopic (exact) mass is 222 g/mol. The maximum Gasteiger partial charge on any atom is 0.412 e. The number of benzene rings is 1. The minimum Gasteiger partial charge on any atom is -0.445 e. The summed E-state index contributed by atoms with van der Waals surface area (Å²) in [6.45, 7) is 3.42. The van der Waals surface area contributed by atoms with Crippen molar-refractivity contribution in [3.63, 3.8) is 0 Å². The van der Waals surface area contributed by atoms with Gasteiger partial charge in [0.1, 0.15) is 12.3 Å². The van der Waals surface area contributed by atoms with Crippen molar-refractivity contribution in [2.75, 3.05) is 11.9 Å². The molecule has 6 nitrogen and oxygen atoms in total. The van der Waals surface area contributed by atoms with Crippen molar-refractivity contribution >= 4 is 17.5 Å². The van der Waals surface area contributed by atoms with Gasteiger partial charge in [0.15, 0.2) is 0 Å². The van der Waals surface area contributed by atoms with Crippen LogP contribution in [0.3, 0.4) is 0 Å². The largest absolute Gasteiger partial charge is 0.445 e. The average molecular weight is 222 g/mol. The summed E-state index contributed by atoms with van der Waals surface area (Å²) in [6, 6.07) is 5.81. The van der Waals surface area contributed by atoms with E-state index in [-0.39, 0.29) is 18.0 Å². The van der Waals surface area contributed by atoms with Crippen molar-refractivity contribution in [1.82, 2.24) is 0 Å². The van der Waals surface area contributed by atoms with Crippen LogP contribution in [-0.4, -0.2) is 17.6 Å². The van der Waals surface area contributed by atoms with Crippen LogP contribution in [0.2, 0.25) is 0 Å². The zero-order valence-electron chi connectivity index (χ0n) is 8.38. The quantitative estimate of drug-likeness (QED) is 0.481. The lowest BCUT2D eigenvalue weighted by molar-refractivity contribution is -0.383. The van der Waals surface area contributed by atoms with Gasteiger partial charge in [-0.3, -0.25) is 15.4 Å². The predicted molar refractivity (Wildman–Crippen MR) is 58.3 cm³/mol. The molecule has 1 N–H and O–H groups in total. The first-order chi connectivity index (χ1) is 7.65. The Labute approximate surface area is 91.7 Å². The minimum absolute atomic E-state index is 0.0481. The Balaban J connectivity index is 2.76. The molecule has 0 aliphatic carbocycles. The van der Waals surface area contributed by atoms with Gasteiger partial charge in [-0.05, 0) is 6.07 Å². The molecule has 0 aromatic heterocycles. The number of nitro groups is 1. The fourth-order valence-electron chi connectivity index (χ4n) is 1.02. The number of hydrogen-bond acceptors (Lipinski definition) is 4. The van der Waals surface area contributed by atoms with Gasteiger partial charge in [0.05, 0.1) is 4.92 Å². The lowest BCUT2D eigenvalue weighted by Crippen LogP contribution is -2.14. The van der Waals surface area contributed by atoms with E-state index in [1.54, 1.807) is 6.07 Å². The van der Waals surface area contributed by atoms with E-state index >= 15 is 0 Å². The molecule has 1 aromatic carbocycles. The van der Waals surface area contributed by atoms with Crippen LogP contribution < -0.4 is 5.32 Å². The molecule has 0 heterocycles. The van der Waals surface area contributed by atoms with Crippen LogP contribution >= 0.6 is 0 Å². The SMILES string of the molecule is C=CCOC(=O)Nc1ccccc1[N+](=O)[O-]. The van der Waals surface area contributed by atoms with E-state index in [1.807, 2.05) is 0 Å². The first-order valence-electron chi connectivity index (χ1n) is 4.43. The molecule has 0 spiro atoms. The Morgan fingerprint density at radius 1 is 1.56 bits per heavy atom. The molecule has 0 unspecified atom stereocenters. The first kappa shape index (κ1) is 11.7. The third-order valence-electron chi connectivity index (χ3n) is 1.67. The third-order valence-corrected chi connectivity index (χ3v) is 1.67. The second-order valence-corrected chi connectivity index (χ2v) is 2.79. The molecular formula is C10H10N2O4. The number of para-hydroxylation sites is 2. The van der Waals surface area contributed by atoms with Crippen molar-refractivity contribution in [1.29, 1.82) is 0 Å². The van der Waals surface area contributed by atoms with Crippen LogP contribution in [0.25, 0.3) is 0 Å². The van der Waals surface area contributed by atoms with E-state index < -0.39 is 11.0 Å². The molecule has 0 saturated heterocycles. The van der Waals surface area contributed by atoms with E-state index in [2.05, 4.69) is 16.6 Å². The van der Waals surface area contributed by atoms with Crippen LogP contribution in [0.1, 0.15) is 0 Å². The van der Waals surface area contributed by atoms with E-state index in [4.69, 9.17) is 0 Å². The molecule has 1 aromatic rings. The zero-order chi connectivity index (χ0) is 12.0. The van der Waals surface area contributed by atoms with Crippen molar-refractivity contribution in [2.45, 2.75) is 0 Å². The fraction of sp³-hybridized carbons (Fsp3) is 0.100. The molecule has 1 amide bonds. The average Bonchev–Trinajstić information content (AvgIpc) is 2.27. The van der Waals surface area contributed by atoms with Gasteiger partial charge in [-0.15, -0.1) is 0 Å². The van der Waals surface area contributed by atoms with Crippen LogP contribution in [0, 0.1) is 10.1 Å². The summed E-state index contributed by atoms with van der Waals surface area (Å²) in [4.78, 5) is 21.2. The van der Waals surface area contributed by atoms with Gasteiger partial charge in [-0.2, -0.15) is 0 Å². The first-order valence-corrected chi connectivity index (χ1v) is 4.43. The van der Waals surface area contributed by atoms with Crippen LogP contribution in [-0.2, 0) is 4.74 Å². The molecule has 0 saturated carbocycles. The molecule has 0 atom stereocenters. The molecule has 0 radical (unpaired) electrons. The molecule has 0 bridgehead atoms. The number of nitro benzene ring substituents is 1. The standard InChI is InChI=1S/C10H10N2O4/c1-2-7-16-10(13)11-8-5-3-4-6-9(8)12(14)15/h2-6H,1,7H2,(H,11,13). The number of amides is 1. The van der Waals surface area contributed by atoms with Gasteiger partial charge >= 0.3 is 6.09 Å². The molecule has 0 aliphatic rings.